The van der Waals surface area contributed by atoms with Gasteiger partial charge in [-0.25, -0.2) is 9.69 Å². The second-order valence-electron chi connectivity index (χ2n) is 7.99. The molecular weight excluding hydrogens is 440 g/mol. The number of hydrogen-bond donors (Lipinski definition) is 1. The molecule has 0 aromatic heterocycles. The van der Waals surface area contributed by atoms with Crippen molar-refractivity contribution >= 4 is 35.3 Å². The fourth-order valence-corrected chi connectivity index (χ4v) is 4.07. The molecule has 0 radical (unpaired) electrons. The lowest BCUT2D eigenvalue weighted by Crippen LogP contribution is -2.29. The van der Waals surface area contributed by atoms with E-state index in [1.165, 1.54) is 55.6 Å². The maximum atomic E-state index is 13.1. The Morgan fingerprint density at radius 1 is 0.735 bits per heavy atom. The van der Waals surface area contributed by atoms with Gasteiger partial charge in [0, 0.05) is 7.05 Å². The number of fused-ring (bicyclic) bond motifs is 2. The van der Waals surface area contributed by atoms with Crippen LogP contribution in [0.4, 0.5) is 5.69 Å². The summed E-state index contributed by atoms with van der Waals surface area (Å²) in [5.74, 6) is -2.64. The monoisotopic (exact) mass is 456 g/mol. The van der Waals surface area contributed by atoms with E-state index >= 15 is 0 Å². The predicted molar refractivity (Wildman–Crippen MR) is 119 cm³/mol. The lowest BCUT2D eigenvalue weighted by molar-refractivity contribution is 0.0682. The zero-order valence-electron chi connectivity index (χ0n) is 18.0. The van der Waals surface area contributed by atoms with E-state index < -0.39 is 29.6 Å². The minimum Gasteiger partial charge on any atom is -0.478 e. The number of benzene rings is 3. The molecule has 5 rings (SSSR count). The van der Waals surface area contributed by atoms with Crippen molar-refractivity contribution in [1.29, 1.82) is 0 Å². The number of ether oxygens (including phenoxy) is 1. The first-order chi connectivity index (χ1) is 16.2. The van der Waals surface area contributed by atoms with Crippen molar-refractivity contribution in [2.75, 3.05) is 11.9 Å². The Morgan fingerprint density at radius 2 is 1.26 bits per heavy atom. The second-order valence-corrected chi connectivity index (χ2v) is 7.99. The summed E-state index contributed by atoms with van der Waals surface area (Å²) in [5, 5.41) is 9.31. The number of anilines is 1. The Balaban J connectivity index is 1.46. The molecule has 2 heterocycles. The molecule has 1 N–H and O–H groups in total. The molecule has 9 nitrogen and oxygen atoms in total. The number of rotatable bonds is 4. The van der Waals surface area contributed by atoms with Crippen LogP contribution in [0.5, 0.6) is 11.5 Å². The molecule has 0 bridgehead atoms. The average molecular weight is 456 g/mol. The normalized spacial score (nSPS) is 14.5. The van der Waals surface area contributed by atoms with Crippen molar-refractivity contribution in [2.45, 2.75) is 6.92 Å². The smallest absolute Gasteiger partial charge is 0.335 e. The van der Waals surface area contributed by atoms with E-state index in [2.05, 4.69) is 0 Å². The maximum Gasteiger partial charge on any atom is 0.335 e. The van der Waals surface area contributed by atoms with Gasteiger partial charge in [-0.1, -0.05) is 0 Å². The Morgan fingerprint density at radius 3 is 1.88 bits per heavy atom. The van der Waals surface area contributed by atoms with Crippen LogP contribution in [0.1, 0.15) is 57.4 Å². The Labute approximate surface area is 192 Å². The number of nitrogens with zero attached hydrogens (tertiary/aromatic N) is 2. The van der Waals surface area contributed by atoms with Crippen LogP contribution in [0.3, 0.4) is 0 Å². The van der Waals surface area contributed by atoms with Crippen LogP contribution < -0.4 is 9.64 Å². The topological polar surface area (TPSA) is 121 Å². The molecule has 0 saturated heterocycles. The highest BCUT2D eigenvalue weighted by atomic mass is 16.5. The van der Waals surface area contributed by atoms with E-state index in [0.717, 1.165) is 9.80 Å². The maximum absolute atomic E-state index is 13.1. The van der Waals surface area contributed by atoms with E-state index in [4.69, 9.17) is 4.74 Å². The van der Waals surface area contributed by atoms with Crippen LogP contribution in [-0.2, 0) is 0 Å². The highest BCUT2D eigenvalue weighted by Gasteiger charge is 2.38. The molecule has 9 heteroatoms. The van der Waals surface area contributed by atoms with Gasteiger partial charge in [-0.05, 0) is 67.1 Å². The Hall–Kier alpha value is -4.79. The van der Waals surface area contributed by atoms with Gasteiger partial charge in [-0.3, -0.25) is 24.1 Å². The zero-order valence-corrected chi connectivity index (χ0v) is 18.0. The molecule has 2 aliphatic heterocycles. The van der Waals surface area contributed by atoms with Crippen LogP contribution in [0.15, 0.2) is 54.6 Å². The van der Waals surface area contributed by atoms with Crippen molar-refractivity contribution in [1.82, 2.24) is 4.90 Å². The van der Waals surface area contributed by atoms with Gasteiger partial charge in [0.05, 0.1) is 33.5 Å². The molecule has 4 amide bonds. The minimum atomic E-state index is -1.17. The highest BCUT2D eigenvalue weighted by Crippen LogP contribution is 2.34. The molecule has 2 aliphatic rings. The van der Waals surface area contributed by atoms with Crippen molar-refractivity contribution in [2.24, 2.45) is 0 Å². The lowest BCUT2D eigenvalue weighted by atomic mass is 10.1. The van der Waals surface area contributed by atoms with Crippen LogP contribution in [0.2, 0.25) is 0 Å². The summed E-state index contributed by atoms with van der Waals surface area (Å²) in [6.45, 7) is 1.67. The predicted octanol–water partition coefficient (Wildman–Crippen LogP) is 3.51. The van der Waals surface area contributed by atoms with Crippen LogP contribution in [0, 0.1) is 6.92 Å². The number of aryl methyl sites for hydroxylation is 1. The number of amides is 4. The third kappa shape index (κ3) is 3.14. The molecular formula is C25H16N2O7. The SMILES string of the molecule is Cc1cc(C(=O)O)cc(N2C(=O)c3ccc(Oc4ccc5c(c4)C(=O)N(C)C5=O)cc3C2=O)c1. The standard InChI is InChI=1S/C25H16N2O7/c1-12-7-13(25(32)33)9-14(8-12)27-23(30)18-6-4-16(11-20(18)24(27)31)34-15-3-5-17-19(10-15)22(29)26(2)21(17)28/h3-11H,1-2H3,(H,32,33). The van der Waals surface area contributed by atoms with Gasteiger partial charge in [-0.2, -0.15) is 0 Å². The van der Waals surface area contributed by atoms with Crippen molar-refractivity contribution in [3.8, 4) is 11.5 Å². The first kappa shape index (κ1) is 21.1. The summed E-state index contributed by atoms with van der Waals surface area (Å²) < 4.78 is 5.80. The molecule has 3 aromatic carbocycles. The van der Waals surface area contributed by atoms with E-state index in [1.54, 1.807) is 13.0 Å². The number of carboxylic acids is 1. The molecule has 34 heavy (non-hydrogen) atoms. The molecule has 0 unspecified atom stereocenters. The van der Waals surface area contributed by atoms with Gasteiger partial charge < -0.3 is 9.84 Å². The minimum absolute atomic E-state index is 0.0362. The fraction of sp³-hybridized carbons (Fsp3) is 0.0800. The summed E-state index contributed by atoms with van der Waals surface area (Å²) in [6, 6.07) is 13.1. The second kappa shape index (κ2) is 7.38. The first-order valence-electron chi connectivity index (χ1n) is 10.2. The fourth-order valence-electron chi connectivity index (χ4n) is 4.07. The summed E-state index contributed by atoms with van der Waals surface area (Å²) in [7, 11) is 1.40. The quantitative estimate of drug-likeness (QED) is 0.596. The van der Waals surface area contributed by atoms with Crippen molar-refractivity contribution in [3.05, 3.63) is 88.0 Å². The highest BCUT2D eigenvalue weighted by molar-refractivity contribution is 6.34. The Bertz CT molecular complexity index is 1470. The van der Waals surface area contributed by atoms with Gasteiger partial charge in [-0.15, -0.1) is 0 Å². The molecule has 0 saturated carbocycles. The molecule has 0 atom stereocenters. The third-order valence-electron chi connectivity index (χ3n) is 5.72. The summed E-state index contributed by atoms with van der Waals surface area (Å²) in [5.41, 5.74) is 1.48. The van der Waals surface area contributed by atoms with E-state index in [0.29, 0.717) is 5.56 Å². The van der Waals surface area contributed by atoms with Crippen LogP contribution in [-0.4, -0.2) is 46.7 Å². The number of aromatic carboxylic acids is 1. The summed E-state index contributed by atoms with van der Waals surface area (Å²) >= 11 is 0. The summed E-state index contributed by atoms with van der Waals surface area (Å²) in [4.78, 5) is 63.7. The van der Waals surface area contributed by atoms with Crippen LogP contribution in [0.25, 0.3) is 0 Å². The van der Waals surface area contributed by atoms with E-state index in [1.807, 2.05) is 0 Å². The van der Waals surface area contributed by atoms with E-state index in [-0.39, 0.29) is 45.0 Å². The van der Waals surface area contributed by atoms with Gasteiger partial charge in [0.2, 0.25) is 0 Å². The summed E-state index contributed by atoms with van der Waals surface area (Å²) in [6.07, 6.45) is 0. The number of carboxylic acid groups (broad SMARTS) is 1. The molecule has 0 fully saturated rings. The van der Waals surface area contributed by atoms with Gasteiger partial charge in [0.1, 0.15) is 11.5 Å². The number of imide groups is 2. The molecule has 168 valence electrons. The number of hydrogen-bond acceptors (Lipinski definition) is 6. The van der Waals surface area contributed by atoms with Crippen molar-refractivity contribution < 1.29 is 33.8 Å². The van der Waals surface area contributed by atoms with Gasteiger partial charge in [0.15, 0.2) is 0 Å². The lowest BCUT2D eigenvalue weighted by Gasteiger charge is -2.15. The van der Waals surface area contributed by atoms with Gasteiger partial charge >= 0.3 is 5.97 Å². The van der Waals surface area contributed by atoms with Crippen molar-refractivity contribution in [3.63, 3.8) is 0 Å². The first-order valence-corrected chi connectivity index (χ1v) is 10.2. The average Bonchev–Trinajstić information content (AvgIpc) is 3.18. The largest absolute Gasteiger partial charge is 0.478 e. The Kier molecular flexibility index (Phi) is 4.57. The van der Waals surface area contributed by atoms with E-state index in [9.17, 15) is 29.1 Å². The number of carbonyl (C=O) groups is 5. The molecule has 3 aromatic rings. The number of carbonyl (C=O) groups excluding carboxylic acids is 4. The zero-order chi connectivity index (χ0) is 24.3. The molecule has 0 aliphatic carbocycles. The molecule has 0 spiro atoms. The van der Waals surface area contributed by atoms with Crippen LogP contribution >= 0.6 is 0 Å². The third-order valence-corrected chi connectivity index (χ3v) is 5.72. The van der Waals surface area contributed by atoms with Gasteiger partial charge in [0.25, 0.3) is 23.6 Å².